The van der Waals surface area contributed by atoms with E-state index in [0.29, 0.717) is 18.1 Å². The molecule has 1 unspecified atom stereocenters. The molecular formula is C16H24F3N3. The lowest BCUT2D eigenvalue weighted by Gasteiger charge is -2.17. The number of nitrogens with one attached hydrogen (secondary N) is 2. The van der Waals surface area contributed by atoms with Gasteiger partial charge in [-0.05, 0) is 37.8 Å². The summed E-state index contributed by atoms with van der Waals surface area (Å²) in [6.07, 6.45) is -3.57. The molecule has 0 amide bonds. The first-order valence-electron chi connectivity index (χ1n) is 7.38. The maximum absolute atomic E-state index is 12.7. The fourth-order valence-corrected chi connectivity index (χ4v) is 2.06. The average molecular weight is 315 g/mol. The second-order valence-electron chi connectivity index (χ2n) is 5.61. The number of guanidine groups is 1. The van der Waals surface area contributed by atoms with E-state index in [2.05, 4.69) is 15.6 Å². The molecule has 0 heterocycles. The highest BCUT2D eigenvalue weighted by molar-refractivity contribution is 5.79. The van der Waals surface area contributed by atoms with Crippen LogP contribution in [-0.2, 0) is 6.18 Å². The third kappa shape index (κ3) is 5.95. The molecule has 1 atom stereocenters. The Morgan fingerprint density at radius 3 is 2.45 bits per heavy atom. The summed E-state index contributed by atoms with van der Waals surface area (Å²) < 4.78 is 38.2. The molecule has 0 aliphatic heterocycles. The molecule has 0 aliphatic carbocycles. The molecule has 3 nitrogen and oxygen atoms in total. The minimum Gasteiger partial charge on any atom is -0.356 e. The molecule has 22 heavy (non-hydrogen) atoms. The normalized spacial score (nSPS) is 14.1. The first-order chi connectivity index (χ1) is 10.2. The summed E-state index contributed by atoms with van der Waals surface area (Å²) in [4.78, 5) is 4.09. The number of benzene rings is 1. The highest BCUT2D eigenvalue weighted by Gasteiger charge is 2.30. The van der Waals surface area contributed by atoms with Gasteiger partial charge in [-0.25, -0.2) is 0 Å². The molecule has 1 aromatic carbocycles. The van der Waals surface area contributed by atoms with E-state index < -0.39 is 11.7 Å². The summed E-state index contributed by atoms with van der Waals surface area (Å²) in [5.41, 5.74) is 0.102. The van der Waals surface area contributed by atoms with Crippen LogP contribution in [0.3, 0.4) is 0 Å². The maximum Gasteiger partial charge on any atom is 0.416 e. The van der Waals surface area contributed by atoms with Gasteiger partial charge in [-0.2, -0.15) is 13.2 Å². The van der Waals surface area contributed by atoms with Crippen LogP contribution in [0.5, 0.6) is 0 Å². The van der Waals surface area contributed by atoms with E-state index in [1.54, 1.807) is 13.1 Å². The van der Waals surface area contributed by atoms with Crippen LogP contribution in [0.4, 0.5) is 13.2 Å². The summed E-state index contributed by atoms with van der Waals surface area (Å²) in [5, 5.41) is 6.33. The summed E-state index contributed by atoms with van der Waals surface area (Å²) >= 11 is 0. The van der Waals surface area contributed by atoms with E-state index in [1.165, 1.54) is 12.1 Å². The molecule has 0 aliphatic rings. The summed E-state index contributed by atoms with van der Waals surface area (Å²) in [6.45, 7) is 6.59. The lowest BCUT2D eigenvalue weighted by atomic mass is 9.96. The van der Waals surface area contributed by atoms with Crippen molar-refractivity contribution in [3.05, 3.63) is 35.4 Å². The quantitative estimate of drug-likeness (QED) is 0.641. The molecule has 0 fully saturated rings. The van der Waals surface area contributed by atoms with Gasteiger partial charge in [-0.15, -0.1) is 0 Å². The third-order valence-corrected chi connectivity index (χ3v) is 3.30. The third-order valence-electron chi connectivity index (χ3n) is 3.30. The van der Waals surface area contributed by atoms with E-state index in [9.17, 15) is 13.2 Å². The van der Waals surface area contributed by atoms with E-state index in [0.717, 1.165) is 12.5 Å². The van der Waals surface area contributed by atoms with Crippen molar-refractivity contribution in [3.63, 3.8) is 0 Å². The van der Waals surface area contributed by atoms with Crippen LogP contribution in [-0.4, -0.2) is 25.6 Å². The van der Waals surface area contributed by atoms with Gasteiger partial charge in [0.25, 0.3) is 0 Å². The molecule has 0 saturated heterocycles. The minimum absolute atomic E-state index is 0.0342. The van der Waals surface area contributed by atoms with Crippen molar-refractivity contribution in [1.82, 2.24) is 10.6 Å². The second-order valence-corrected chi connectivity index (χ2v) is 5.61. The number of aliphatic imine (C=N–C) groups is 1. The Hall–Kier alpha value is -1.72. The zero-order valence-electron chi connectivity index (χ0n) is 13.5. The fraction of sp³-hybridized carbons (Fsp3) is 0.562. The molecule has 124 valence electrons. The molecule has 0 spiro atoms. The average Bonchev–Trinajstić information content (AvgIpc) is 2.44. The Morgan fingerprint density at radius 1 is 1.23 bits per heavy atom. The van der Waals surface area contributed by atoms with Gasteiger partial charge in [-0.3, -0.25) is 4.99 Å². The Morgan fingerprint density at radius 2 is 1.91 bits per heavy atom. The van der Waals surface area contributed by atoms with E-state index in [4.69, 9.17) is 0 Å². The van der Waals surface area contributed by atoms with Gasteiger partial charge in [0.2, 0.25) is 0 Å². The van der Waals surface area contributed by atoms with Gasteiger partial charge in [-0.1, -0.05) is 25.1 Å². The highest BCUT2D eigenvalue weighted by Crippen LogP contribution is 2.31. The van der Waals surface area contributed by atoms with Gasteiger partial charge in [0.1, 0.15) is 0 Å². The monoisotopic (exact) mass is 315 g/mol. The van der Waals surface area contributed by atoms with Gasteiger partial charge in [0.15, 0.2) is 5.96 Å². The molecule has 0 bridgehead atoms. The van der Waals surface area contributed by atoms with Crippen molar-refractivity contribution in [1.29, 1.82) is 0 Å². The van der Waals surface area contributed by atoms with E-state index in [-0.39, 0.29) is 12.0 Å². The number of nitrogens with zero attached hydrogens (tertiary/aromatic N) is 1. The van der Waals surface area contributed by atoms with Crippen molar-refractivity contribution < 1.29 is 13.2 Å². The van der Waals surface area contributed by atoms with Crippen LogP contribution in [0.15, 0.2) is 29.3 Å². The number of alkyl halides is 3. The molecule has 0 radical (unpaired) electrons. The second kappa shape index (κ2) is 8.06. The Kier molecular flexibility index (Phi) is 6.71. The Bertz CT molecular complexity index is 496. The standard InChI is InChI=1S/C16H24F3N3/c1-11(2)22-15(20-4)21-9-8-12(3)13-6-5-7-14(10-13)16(17,18)19/h5-7,10-12H,8-9H2,1-4H3,(H2,20,21,22). The van der Waals surface area contributed by atoms with Crippen LogP contribution in [0.25, 0.3) is 0 Å². The van der Waals surface area contributed by atoms with Crippen LogP contribution in [0, 0.1) is 0 Å². The van der Waals surface area contributed by atoms with E-state index in [1.807, 2.05) is 20.8 Å². The molecule has 0 aromatic heterocycles. The van der Waals surface area contributed by atoms with Crippen molar-refractivity contribution >= 4 is 5.96 Å². The lowest BCUT2D eigenvalue weighted by Crippen LogP contribution is -2.41. The molecule has 1 rings (SSSR count). The number of hydrogen-bond acceptors (Lipinski definition) is 1. The minimum atomic E-state index is -4.29. The highest BCUT2D eigenvalue weighted by atomic mass is 19.4. The number of halogens is 3. The SMILES string of the molecule is CN=C(NCCC(C)c1cccc(C(F)(F)F)c1)NC(C)C. The van der Waals surface area contributed by atoms with Crippen LogP contribution < -0.4 is 10.6 Å². The molecule has 0 saturated carbocycles. The largest absolute Gasteiger partial charge is 0.416 e. The van der Waals surface area contributed by atoms with Crippen molar-refractivity contribution in [2.24, 2.45) is 4.99 Å². The lowest BCUT2D eigenvalue weighted by molar-refractivity contribution is -0.137. The zero-order valence-corrected chi connectivity index (χ0v) is 13.5. The molecule has 1 aromatic rings. The van der Waals surface area contributed by atoms with Gasteiger partial charge in [0.05, 0.1) is 5.56 Å². The smallest absolute Gasteiger partial charge is 0.356 e. The fourth-order valence-electron chi connectivity index (χ4n) is 2.06. The predicted octanol–water partition coefficient (Wildman–Crippen LogP) is 3.77. The topological polar surface area (TPSA) is 36.4 Å². The van der Waals surface area contributed by atoms with E-state index >= 15 is 0 Å². The number of rotatable bonds is 5. The van der Waals surface area contributed by atoms with Crippen molar-refractivity contribution in [3.8, 4) is 0 Å². The van der Waals surface area contributed by atoms with Gasteiger partial charge >= 0.3 is 6.18 Å². The Balaban J connectivity index is 2.57. The number of hydrogen-bond donors (Lipinski definition) is 2. The first-order valence-corrected chi connectivity index (χ1v) is 7.38. The predicted molar refractivity (Wildman–Crippen MR) is 84.1 cm³/mol. The summed E-state index contributed by atoms with van der Waals surface area (Å²) in [7, 11) is 1.69. The molecular weight excluding hydrogens is 291 g/mol. The van der Waals surface area contributed by atoms with Gasteiger partial charge < -0.3 is 10.6 Å². The van der Waals surface area contributed by atoms with Crippen LogP contribution in [0.1, 0.15) is 44.2 Å². The first kappa shape index (κ1) is 18.3. The van der Waals surface area contributed by atoms with Gasteiger partial charge in [0, 0.05) is 19.6 Å². The zero-order chi connectivity index (χ0) is 16.8. The van der Waals surface area contributed by atoms with Crippen molar-refractivity contribution in [2.75, 3.05) is 13.6 Å². The Labute approximate surface area is 130 Å². The summed E-state index contributed by atoms with van der Waals surface area (Å²) in [5.74, 6) is 0.734. The summed E-state index contributed by atoms with van der Waals surface area (Å²) in [6, 6.07) is 5.80. The molecule has 2 N–H and O–H groups in total. The van der Waals surface area contributed by atoms with Crippen LogP contribution >= 0.6 is 0 Å². The van der Waals surface area contributed by atoms with Crippen LogP contribution in [0.2, 0.25) is 0 Å². The maximum atomic E-state index is 12.7. The van der Waals surface area contributed by atoms with Crippen molar-refractivity contribution in [2.45, 2.75) is 45.3 Å². The molecule has 6 heteroatoms.